The number of anilines is 1. The molecule has 0 saturated carbocycles. The summed E-state index contributed by atoms with van der Waals surface area (Å²) >= 11 is 0. The van der Waals surface area contributed by atoms with E-state index in [2.05, 4.69) is 19.4 Å². The number of allylic oxidation sites excluding steroid dienone is 3. The van der Waals surface area contributed by atoms with Gasteiger partial charge in [0.05, 0.1) is 63.2 Å². The van der Waals surface area contributed by atoms with Crippen LogP contribution in [0.2, 0.25) is 0 Å². The number of quaternary nitrogens is 1. The van der Waals surface area contributed by atoms with Crippen LogP contribution in [-0.4, -0.2) is 101 Å². The third kappa shape index (κ3) is 8.13. The fourth-order valence-corrected chi connectivity index (χ4v) is 9.47. The summed E-state index contributed by atoms with van der Waals surface area (Å²) in [6, 6.07) is 5.20. The topological polar surface area (TPSA) is 193 Å². The Morgan fingerprint density at radius 3 is 2.52 bits per heavy atom. The minimum Gasteiger partial charge on any atom is -0.505 e. The van der Waals surface area contributed by atoms with Gasteiger partial charge in [-0.2, -0.15) is 0 Å². The first kappa shape index (κ1) is 44.8. The van der Waals surface area contributed by atoms with Crippen LogP contribution in [0.5, 0.6) is 17.2 Å². The van der Waals surface area contributed by atoms with Gasteiger partial charge in [-0.15, -0.1) is 0 Å². The van der Waals surface area contributed by atoms with E-state index in [0.717, 1.165) is 30.4 Å². The molecule has 2 fully saturated rings. The summed E-state index contributed by atoms with van der Waals surface area (Å²) in [6.07, 6.45) is 7.44. The minimum absolute atomic E-state index is 0.0229. The number of benzene rings is 3. The molecule has 6 heterocycles. The van der Waals surface area contributed by atoms with Gasteiger partial charge in [0.15, 0.2) is 22.3 Å². The number of rotatable bonds is 4. The zero-order valence-corrected chi connectivity index (χ0v) is 37.9. The highest BCUT2D eigenvalue weighted by molar-refractivity contribution is 6.26. The molecule has 5 aliphatic heterocycles. The SMILES string of the molecule is CC(=O)O[C@H]1[C@@H]2O[C@H]([C@@H](C)[C@H]2O)[C@@H](C)/C=C/C=C(/C)C(=O)Nc2c(O)c3c(=O)c(C)c4c(c3c3nc5ccc(OCC6CC[N+](C)(C)CC6)cc5oc23)C(=O)[C@@](C)(O/C=C/C[C@H]1C)O4. The predicted molar refractivity (Wildman–Crippen MR) is 239 cm³/mol. The van der Waals surface area contributed by atoms with Gasteiger partial charge in [0.1, 0.15) is 40.4 Å². The maximum atomic E-state index is 14.7. The number of phenolic OH excluding ortho intramolecular Hbond substituents is 1. The van der Waals surface area contributed by atoms with E-state index in [9.17, 15) is 29.4 Å². The second-order valence-electron chi connectivity index (χ2n) is 18.9. The Kier molecular flexibility index (Phi) is 11.9. The number of aliphatic hydroxyl groups excluding tert-OH is 1. The van der Waals surface area contributed by atoms with Crippen molar-refractivity contribution in [3.63, 3.8) is 0 Å². The molecule has 0 unspecified atom stereocenters. The monoisotopic (exact) mass is 880 g/mol. The van der Waals surface area contributed by atoms with Crippen molar-refractivity contribution in [3.05, 3.63) is 75.7 Å². The number of aromatic nitrogens is 1. The maximum Gasteiger partial charge on any atom is 0.312 e. The van der Waals surface area contributed by atoms with Gasteiger partial charge >= 0.3 is 11.8 Å². The van der Waals surface area contributed by atoms with Crippen molar-refractivity contribution in [2.75, 3.05) is 39.1 Å². The van der Waals surface area contributed by atoms with E-state index in [-0.39, 0.29) is 73.3 Å². The van der Waals surface area contributed by atoms with Gasteiger partial charge < -0.3 is 48.1 Å². The number of nitrogens with zero attached hydrogens (tertiary/aromatic N) is 2. The smallest absolute Gasteiger partial charge is 0.312 e. The molecule has 340 valence electrons. The van der Waals surface area contributed by atoms with Gasteiger partial charge in [-0.3, -0.25) is 19.2 Å². The Balaban J connectivity index is 1.26. The molecule has 0 aliphatic carbocycles. The van der Waals surface area contributed by atoms with Crippen LogP contribution < -0.4 is 20.2 Å². The van der Waals surface area contributed by atoms with Crippen molar-refractivity contribution in [3.8, 4) is 17.2 Å². The number of piperidine rings is 1. The molecule has 0 spiro atoms. The van der Waals surface area contributed by atoms with Crippen molar-refractivity contribution in [1.29, 1.82) is 0 Å². The zero-order valence-electron chi connectivity index (χ0n) is 37.9. The summed E-state index contributed by atoms with van der Waals surface area (Å²) in [4.78, 5) is 60.3. The molecule has 2 saturated heterocycles. The number of fused-ring (bicyclic) bond motifs is 9. The lowest BCUT2D eigenvalue weighted by Crippen LogP contribution is -2.46. The Morgan fingerprint density at radius 2 is 1.80 bits per heavy atom. The molecule has 15 heteroatoms. The molecule has 64 heavy (non-hydrogen) atoms. The number of aromatic hydroxyl groups is 1. The third-order valence-corrected chi connectivity index (χ3v) is 13.5. The molecule has 0 radical (unpaired) electrons. The van der Waals surface area contributed by atoms with E-state index in [1.165, 1.54) is 27.0 Å². The molecule has 3 N–H and O–H groups in total. The first-order valence-electron chi connectivity index (χ1n) is 22.1. The molecule has 4 aromatic rings. The van der Waals surface area contributed by atoms with Crippen LogP contribution in [0.15, 0.2) is 63.6 Å². The molecule has 15 nitrogen and oxygen atoms in total. The van der Waals surface area contributed by atoms with Gasteiger partial charge in [0.2, 0.25) is 0 Å². The van der Waals surface area contributed by atoms with E-state index in [4.69, 9.17) is 33.1 Å². The van der Waals surface area contributed by atoms with Crippen LogP contribution in [0.4, 0.5) is 5.69 Å². The Labute approximate surface area is 371 Å². The summed E-state index contributed by atoms with van der Waals surface area (Å²) in [7, 11) is 4.46. The van der Waals surface area contributed by atoms with Crippen LogP contribution in [0, 0.1) is 30.6 Å². The van der Waals surface area contributed by atoms with Crippen LogP contribution >= 0.6 is 0 Å². The van der Waals surface area contributed by atoms with E-state index in [0.29, 0.717) is 30.2 Å². The quantitative estimate of drug-likeness (QED) is 0.0624. The predicted octanol–water partition coefficient (Wildman–Crippen LogP) is 7.01. The molecule has 9 rings (SSSR count). The summed E-state index contributed by atoms with van der Waals surface area (Å²) in [5, 5.41) is 26.0. The van der Waals surface area contributed by atoms with E-state index in [1.54, 1.807) is 43.4 Å². The van der Waals surface area contributed by atoms with Gasteiger partial charge in [-0.1, -0.05) is 39.0 Å². The Morgan fingerprint density at radius 1 is 1.06 bits per heavy atom. The first-order chi connectivity index (χ1) is 30.3. The van der Waals surface area contributed by atoms with Gasteiger partial charge in [0.25, 0.3) is 11.7 Å². The van der Waals surface area contributed by atoms with Crippen LogP contribution in [0.25, 0.3) is 33.0 Å². The Hall–Kier alpha value is -5.77. The number of ketones is 1. The first-order valence-corrected chi connectivity index (χ1v) is 22.1. The summed E-state index contributed by atoms with van der Waals surface area (Å²) in [5.74, 6) is -4.42. The number of amides is 1. The normalized spacial score (nSPS) is 30.5. The van der Waals surface area contributed by atoms with Crippen LogP contribution in [0.1, 0.15) is 76.7 Å². The highest BCUT2D eigenvalue weighted by Gasteiger charge is 2.50. The lowest BCUT2D eigenvalue weighted by molar-refractivity contribution is -0.896. The van der Waals surface area contributed by atoms with Gasteiger partial charge in [-0.05, 0) is 44.4 Å². The number of nitrogens with one attached hydrogen (secondary N) is 1. The number of likely N-dealkylation sites (tertiary alicyclic amines) is 1. The number of esters is 1. The van der Waals surface area contributed by atoms with Crippen molar-refractivity contribution < 1.29 is 57.2 Å². The number of ether oxygens (including phenoxy) is 5. The number of carbonyl (C=O) groups excluding carboxylic acids is 3. The van der Waals surface area contributed by atoms with Crippen LogP contribution in [0.3, 0.4) is 0 Å². The van der Waals surface area contributed by atoms with E-state index in [1.807, 2.05) is 26.8 Å². The molecular formula is C49H58N3O12+. The second-order valence-corrected chi connectivity index (χ2v) is 18.9. The fraction of sp³-hybridized carbons (Fsp3) is 0.490. The summed E-state index contributed by atoms with van der Waals surface area (Å²) in [5.41, 5.74) is -0.0624. The maximum absolute atomic E-state index is 14.7. The average Bonchev–Trinajstić information content (AvgIpc) is 3.69. The molecule has 3 aromatic carbocycles. The van der Waals surface area contributed by atoms with Crippen molar-refractivity contribution >= 4 is 56.3 Å². The number of aliphatic hydroxyl groups is 1. The Bertz CT molecular complexity index is 2710. The number of carbonyl (C=O) groups is 3. The lowest BCUT2D eigenvalue weighted by atomic mass is 9.87. The van der Waals surface area contributed by atoms with Crippen LogP contribution in [-0.2, 0) is 23.8 Å². The molecule has 8 atom stereocenters. The largest absolute Gasteiger partial charge is 0.505 e. The molecule has 1 amide bonds. The number of hydrogen-bond donors (Lipinski definition) is 3. The molecule has 5 aliphatic rings. The van der Waals surface area contributed by atoms with E-state index >= 15 is 0 Å². The second kappa shape index (κ2) is 17.0. The van der Waals surface area contributed by atoms with Crippen molar-refractivity contribution in [1.82, 2.24) is 4.98 Å². The molecular weight excluding hydrogens is 823 g/mol. The number of Topliss-reactive ketones (excluding diaryl/α,β-unsaturated/α-hetero) is 1. The fourth-order valence-electron chi connectivity index (χ4n) is 9.47. The summed E-state index contributed by atoms with van der Waals surface area (Å²) in [6.45, 7) is 14.1. The number of phenols is 1. The number of hydrogen-bond acceptors (Lipinski definition) is 13. The minimum atomic E-state index is -1.96. The van der Waals surface area contributed by atoms with Gasteiger partial charge in [-0.25, -0.2) is 4.98 Å². The molecule has 1 aromatic heterocycles. The highest BCUT2D eigenvalue weighted by atomic mass is 16.7. The summed E-state index contributed by atoms with van der Waals surface area (Å²) < 4.78 is 38.2. The van der Waals surface area contributed by atoms with Crippen molar-refractivity contribution in [2.24, 2.45) is 23.7 Å². The lowest BCUT2D eigenvalue weighted by Gasteiger charge is -2.37. The van der Waals surface area contributed by atoms with Gasteiger partial charge in [0, 0.05) is 67.0 Å². The molecule has 7 bridgehead atoms. The zero-order chi connectivity index (χ0) is 46.0. The standard InChI is InChI=1S/C49H57N3O12/c1-24-12-10-13-26(3)48(58)51-38-41(56)35-34(37-45(38)62-33-22-31(15-16-32(33)50-37)59-23-30-17-19-52(8,9)20-18-30)36-44(27(4)39(35)54)64-49(7,47(36)57)60-21-11-14-25(2)43(61-29(6)53)46-40(55)28(5)42(24)63-46/h10-13,15-16,21-22,24-25,28,30,40,42-43,46,55H,14,17-20,23H2,1-9H3,(H-,50,51,54,56,57,58)/p+1/b12-10+,21-11+,26-13-/t24-,25+,28-,40+,42-,43+,46+,49-/m0/s1. The average molecular weight is 881 g/mol. The van der Waals surface area contributed by atoms with E-state index < -0.39 is 59.0 Å². The highest BCUT2D eigenvalue weighted by Crippen LogP contribution is 2.48. The van der Waals surface area contributed by atoms with Crippen molar-refractivity contribution in [2.45, 2.75) is 97.9 Å². The third-order valence-electron chi connectivity index (χ3n) is 13.5.